The van der Waals surface area contributed by atoms with E-state index in [4.69, 9.17) is 4.43 Å². The molecule has 2 atom stereocenters. The van der Waals surface area contributed by atoms with Crippen LogP contribution in [0.5, 0.6) is 0 Å². The van der Waals surface area contributed by atoms with Crippen LogP contribution in [0, 0.1) is 0 Å². The van der Waals surface area contributed by atoms with Crippen molar-refractivity contribution in [3.05, 3.63) is 0 Å². The molecule has 1 saturated heterocycles. The lowest BCUT2D eigenvalue weighted by Crippen LogP contribution is -2.43. The topological polar surface area (TPSA) is 9.23 Å². The van der Waals surface area contributed by atoms with Gasteiger partial charge >= 0.3 is 0 Å². The summed E-state index contributed by atoms with van der Waals surface area (Å²) in [6.07, 6.45) is 4.13. The lowest BCUT2D eigenvalue weighted by Gasteiger charge is -2.37. The van der Waals surface area contributed by atoms with Gasteiger partial charge in [-0.2, -0.15) is 12.6 Å². The summed E-state index contributed by atoms with van der Waals surface area (Å²) in [5.74, 6) is 0. The molecule has 0 aromatic heterocycles. The van der Waals surface area contributed by atoms with E-state index < -0.39 is 8.32 Å². The highest BCUT2D eigenvalue weighted by Gasteiger charge is 2.33. The first-order valence-electron chi connectivity index (χ1n) is 4.91. The van der Waals surface area contributed by atoms with Gasteiger partial charge in [-0.1, -0.05) is 13.3 Å². The van der Waals surface area contributed by atoms with E-state index in [-0.39, 0.29) is 0 Å². The molecule has 1 rings (SSSR count). The molecule has 0 radical (unpaired) electrons. The molecule has 0 N–H and O–H groups in total. The lowest BCUT2D eigenvalue weighted by molar-refractivity contribution is 0.157. The van der Waals surface area contributed by atoms with Crippen LogP contribution in [0.1, 0.15) is 26.2 Å². The van der Waals surface area contributed by atoms with Crippen molar-refractivity contribution in [2.75, 3.05) is 0 Å². The molecule has 2 unspecified atom stereocenters. The summed E-state index contributed by atoms with van der Waals surface area (Å²) in [4.78, 5) is 0. The van der Waals surface area contributed by atoms with E-state index in [9.17, 15) is 0 Å². The Bertz CT molecular complexity index is 149. The molecule has 0 saturated carbocycles. The van der Waals surface area contributed by atoms with Gasteiger partial charge in [-0.3, -0.25) is 0 Å². The van der Waals surface area contributed by atoms with Crippen molar-refractivity contribution in [1.29, 1.82) is 0 Å². The average molecular weight is 204 g/mol. The standard InChI is InChI=1S/C9H20OSSi/c1-4-9(11)8-6-5-7-12(2,3)10-8/h8-9,11H,4-7H2,1-3H3. The van der Waals surface area contributed by atoms with E-state index in [1.165, 1.54) is 18.9 Å². The molecule has 0 amide bonds. The molecule has 0 aromatic rings. The van der Waals surface area contributed by atoms with Crippen LogP contribution in [0.4, 0.5) is 0 Å². The second-order valence-corrected chi connectivity index (χ2v) is 9.20. The average Bonchev–Trinajstić information content (AvgIpc) is 2.01. The van der Waals surface area contributed by atoms with Crippen molar-refractivity contribution in [3.63, 3.8) is 0 Å². The number of thiol groups is 1. The molecule has 1 aliphatic heterocycles. The molecule has 0 spiro atoms. The lowest BCUT2D eigenvalue weighted by atomic mass is 10.1. The highest BCUT2D eigenvalue weighted by Crippen LogP contribution is 2.29. The Balaban J connectivity index is 2.46. The first-order valence-corrected chi connectivity index (χ1v) is 8.54. The summed E-state index contributed by atoms with van der Waals surface area (Å²) in [7, 11) is -1.28. The number of rotatable bonds is 2. The fourth-order valence-electron chi connectivity index (χ4n) is 1.79. The maximum absolute atomic E-state index is 6.09. The molecule has 0 bridgehead atoms. The van der Waals surface area contributed by atoms with E-state index in [0.717, 1.165) is 6.42 Å². The Kier molecular flexibility index (Phi) is 3.68. The van der Waals surface area contributed by atoms with Crippen molar-refractivity contribution in [1.82, 2.24) is 0 Å². The van der Waals surface area contributed by atoms with Gasteiger partial charge in [0.25, 0.3) is 0 Å². The maximum atomic E-state index is 6.09. The van der Waals surface area contributed by atoms with Gasteiger partial charge in [0.1, 0.15) is 0 Å². The summed E-state index contributed by atoms with van der Waals surface area (Å²) in [5, 5.41) is 0.456. The molecule has 0 aromatic carbocycles. The third kappa shape index (κ3) is 2.78. The normalized spacial score (nSPS) is 31.5. The van der Waals surface area contributed by atoms with Crippen LogP contribution in [0.3, 0.4) is 0 Å². The van der Waals surface area contributed by atoms with Crippen molar-refractivity contribution in [2.45, 2.75) is 56.7 Å². The summed E-state index contributed by atoms with van der Waals surface area (Å²) in [6.45, 7) is 6.81. The molecule has 0 aliphatic carbocycles. The minimum atomic E-state index is -1.28. The molecule has 1 fully saturated rings. The second kappa shape index (κ2) is 4.16. The summed E-state index contributed by atoms with van der Waals surface area (Å²) in [6, 6.07) is 1.33. The Hall–Kier alpha value is 0.527. The molecule has 1 nitrogen and oxygen atoms in total. The Labute approximate surface area is 82.4 Å². The smallest absolute Gasteiger partial charge is 0.187 e. The zero-order valence-corrected chi connectivity index (χ0v) is 10.2. The van der Waals surface area contributed by atoms with Crippen LogP contribution in [0.2, 0.25) is 19.1 Å². The molecule has 72 valence electrons. The summed E-state index contributed by atoms with van der Waals surface area (Å²) in [5.41, 5.74) is 0. The minimum Gasteiger partial charge on any atom is -0.413 e. The second-order valence-electron chi connectivity index (χ2n) is 4.28. The van der Waals surface area contributed by atoms with Crippen molar-refractivity contribution >= 4 is 20.9 Å². The molecule has 12 heavy (non-hydrogen) atoms. The fraction of sp³-hybridized carbons (Fsp3) is 1.00. The zero-order valence-electron chi connectivity index (χ0n) is 8.34. The number of hydrogen-bond donors (Lipinski definition) is 1. The first-order chi connectivity index (χ1) is 5.55. The van der Waals surface area contributed by atoms with Gasteiger partial charge < -0.3 is 4.43 Å². The third-order valence-corrected chi connectivity index (χ3v) is 5.78. The molecule has 3 heteroatoms. The minimum absolute atomic E-state index is 0.439. The van der Waals surface area contributed by atoms with E-state index >= 15 is 0 Å². The van der Waals surface area contributed by atoms with Gasteiger partial charge in [0, 0.05) is 5.25 Å². The van der Waals surface area contributed by atoms with Gasteiger partial charge in [-0.15, -0.1) is 0 Å². The van der Waals surface area contributed by atoms with Gasteiger partial charge in [0.05, 0.1) is 6.10 Å². The van der Waals surface area contributed by atoms with E-state index in [2.05, 4.69) is 32.6 Å². The largest absolute Gasteiger partial charge is 0.413 e. The van der Waals surface area contributed by atoms with E-state index in [1.807, 2.05) is 0 Å². The third-order valence-electron chi connectivity index (χ3n) is 2.59. The first kappa shape index (κ1) is 10.6. The van der Waals surface area contributed by atoms with Gasteiger partial charge in [0.2, 0.25) is 0 Å². The highest BCUT2D eigenvalue weighted by molar-refractivity contribution is 7.81. The van der Waals surface area contributed by atoms with E-state index in [0.29, 0.717) is 11.4 Å². The molecular weight excluding hydrogens is 184 g/mol. The molecular formula is C9H20OSSi. The van der Waals surface area contributed by atoms with E-state index in [1.54, 1.807) is 0 Å². The zero-order chi connectivity index (χ0) is 9.19. The Morgan fingerprint density at radius 3 is 2.75 bits per heavy atom. The van der Waals surface area contributed by atoms with Crippen LogP contribution in [-0.2, 0) is 4.43 Å². The summed E-state index contributed by atoms with van der Waals surface area (Å²) >= 11 is 4.55. The quantitative estimate of drug-likeness (QED) is 0.537. The number of hydrogen-bond acceptors (Lipinski definition) is 2. The molecule has 1 heterocycles. The van der Waals surface area contributed by atoms with Crippen molar-refractivity contribution in [3.8, 4) is 0 Å². The van der Waals surface area contributed by atoms with Gasteiger partial charge in [-0.05, 0) is 32.0 Å². The predicted molar refractivity (Wildman–Crippen MR) is 59.5 cm³/mol. The van der Waals surface area contributed by atoms with Gasteiger partial charge in [-0.25, -0.2) is 0 Å². The SMILES string of the molecule is CCC(S)C1CCC[Si](C)(C)O1. The van der Waals surface area contributed by atoms with Crippen LogP contribution in [0.15, 0.2) is 0 Å². The van der Waals surface area contributed by atoms with Crippen LogP contribution in [0.25, 0.3) is 0 Å². The molecule has 1 aliphatic rings. The fourth-order valence-corrected chi connectivity index (χ4v) is 4.39. The van der Waals surface area contributed by atoms with Crippen molar-refractivity contribution in [2.24, 2.45) is 0 Å². The van der Waals surface area contributed by atoms with Crippen LogP contribution in [-0.4, -0.2) is 19.7 Å². The highest BCUT2D eigenvalue weighted by atomic mass is 32.1. The van der Waals surface area contributed by atoms with Crippen LogP contribution < -0.4 is 0 Å². The Morgan fingerprint density at radius 2 is 2.25 bits per heavy atom. The summed E-state index contributed by atoms with van der Waals surface area (Å²) < 4.78 is 6.09. The van der Waals surface area contributed by atoms with Crippen molar-refractivity contribution < 1.29 is 4.43 Å². The predicted octanol–water partition coefficient (Wildman–Crippen LogP) is 3.08. The maximum Gasteiger partial charge on any atom is 0.187 e. The Morgan fingerprint density at radius 1 is 1.58 bits per heavy atom. The monoisotopic (exact) mass is 204 g/mol. The van der Waals surface area contributed by atoms with Gasteiger partial charge in [0.15, 0.2) is 8.32 Å². The van der Waals surface area contributed by atoms with Crippen LogP contribution >= 0.6 is 12.6 Å².